The predicted octanol–water partition coefficient (Wildman–Crippen LogP) is 3.46. The molecule has 0 unspecified atom stereocenters. The first-order chi connectivity index (χ1) is 14.3. The zero-order valence-corrected chi connectivity index (χ0v) is 15.8. The molecule has 2 heterocycles. The van der Waals surface area contributed by atoms with Crippen molar-refractivity contribution in [3.63, 3.8) is 0 Å². The fraction of sp³-hybridized carbons (Fsp3) is 0.211. The molecule has 156 valence electrons. The Morgan fingerprint density at radius 2 is 2.03 bits per heavy atom. The van der Waals surface area contributed by atoms with Crippen LogP contribution in [0.25, 0.3) is 11.4 Å². The summed E-state index contributed by atoms with van der Waals surface area (Å²) in [6.07, 6.45) is -0.248. The molecule has 0 saturated heterocycles. The number of benzene rings is 1. The Labute approximate surface area is 169 Å². The van der Waals surface area contributed by atoms with Crippen LogP contribution in [0.4, 0.5) is 23.8 Å². The minimum atomic E-state index is -4.44. The number of alkyl halides is 3. The van der Waals surface area contributed by atoms with Gasteiger partial charge in [0.2, 0.25) is 0 Å². The normalized spacial score (nSPS) is 11.1. The Bertz CT molecular complexity index is 1010. The van der Waals surface area contributed by atoms with Gasteiger partial charge in [0.15, 0.2) is 11.6 Å². The number of carbonyl (C=O) groups is 1. The molecule has 1 aromatic carbocycles. The molecule has 2 amide bonds. The van der Waals surface area contributed by atoms with Gasteiger partial charge in [-0.15, -0.1) is 0 Å². The Balaban J connectivity index is 1.54. The predicted molar refractivity (Wildman–Crippen MR) is 102 cm³/mol. The molecule has 3 aromatic rings. The highest BCUT2D eigenvalue weighted by Gasteiger charge is 2.30. The van der Waals surface area contributed by atoms with Crippen LogP contribution in [0.2, 0.25) is 0 Å². The molecule has 0 bridgehead atoms. The molecular formula is C19H17F3N6O2. The summed E-state index contributed by atoms with van der Waals surface area (Å²) in [6, 6.07) is 5.88. The zero-order chi connectivity index (χ0) is 21.6. The molecule has 0 atom stereocenters. The third-order valence-corrected chi connectivity index (χ3v) is 3.85. The molecule has 30 heavy (non-hydrogen) atoms. The summed E-state index contributed by atoms with van der Waals surface area (Å²) in [4.78, 5) is 27.7. The van der Waals surface area contributed by atoms with Crippen LogP contribution in [0.3, 0.4) is 0 Å². The maximum Gasteiger partial charge on any atom is 0.416 e. The van der Waals surface area contributed by atoms with Crippen LogP contribution in [0, 0.1) is 6.92 Å². The fourth-order valence-electron chi connectivity index (χ4n) is 2.42. The summed E-state index contributed by atoms with van der Waals surface area (Å²) < 4.78 is 44.2. The second-order valence-electron chi connectivity index (χ2n) is 6.05. The van der Waals surface area contributed by atoms with Crippen molar-refractivity contribution in [2.75, 3.05) is 18.5 Å². The molecule has 0 saturated carbocycles. The van der Waals surface area contributed by atoms with Crippen molar-refractivity contribution < 1.29 is 22.7 Å². The minimum Gasteiger partial charge on any atom is -0.488 e. The van der Waals surface area contributed by atoms with Crippen LogP contribution in [-0.2, 0) is 6.18 Å². The van der Waals surface area contributed by atoms with Gasteiger partial charge in [0.05, 0.1) is 24.0 Å². The minimum absolute atomic E-state index is 0.143. The maximum absolute atomic E-state index is 12.9. The highest BCUT2D eigenvalue weighted by molar-refractivity contribution is 5.88. The summed E-state index contributed by atoms with van der Waals surface area (Å²) in [5.74, 6) is 0.884. The molecule has 2 aromatic heterocycles. The highest BCUT2D eigenvalue weighted by Crippen LogP contribution is 2.31. The van der Waals surface area contributed by atoms with E-state index in [4.69, 9.17) is 4.74 Å². The molecule has 11 heteroatoms. The number of aromatic nitrogens is 4. The van der Waals surface area contributed by atoms with Crippen molar-refractivity contribution in [3.05, 3.63) is 60.3 Å². The van der Waals surface area contributed by atoms with E-state index >= 15 is 0 Å². The Morgan fingerprint density at radius 1 is 1.20 bits per heavy atom. The van der Waals surface area contributed by atoms with Gasteiger partial charge in [0.25, 0.3) is 0 Å². The van der Waals surface area contributed by atoms with Crippen molar-refractivity contribution in [3.8, 4) is 17.1 Å². The van der Waals surface area contributed by atoms with E-state index < -0.39 is 17.8 Å². The number of urea groups is 1. The molecule has 0 aliphatic rings. The molecule has 0 fully saturated rings. The largest absolute Gasteiger partial charge is 0.488 e. The summed E-state index contributed by atoms with van der Waals surface area (Å²) in [6.45, 7) is 2.00. The number of amides is 2. The van der Waals surface area contributed by atoms with Gasteiger partial charge in [0.1, 0.15) is 18.8 Å². The van der Waals surface area contributed by atoms with E-state index in [-0.39, 0.29) is 24.5 Å². The van der Waals surface area contributed by atoms with Crippen LogP contribution in [0.15, 0.2) is 49.1 Å². The number of anilines is 1. The highest BCUT2D eigenvalue weighted by atomic mass is 19.4. The smallest absolute Gasteiger partial charge is 0.416 e. The van der Waals surface area contributed by atoms with Gasteiger partial charge in [-0.25, -0.2) is 24.7 Å². The van der Waals surface area contributed by atoms with Gasteiger partial charge in [-0.2, -0.15) is 13.2 Å². The number of nitrogens with zero attached hydrogens (tertiary/aromatic N) is 4. The standard InChI is InChI=1S/C19H17F3N6O2/c1-12-15(30-8-7-24-18(29)28-16-5-6-23-11-26-16)10-25-17(27-12)13-3-2-4-14(9-13)19(20,21)22/h2-6,9-11H,7-8H2,1H3,(H2,23,24,26,28,29). The van der Waals surface area contributed by atoms with Crippen LogP contribution >= 0.6 is 0 Å². The zero-order valence-electron chi connectivity index (χ0n) is 15.8. The SMILES string of the molecule is Cc1nc(-c2cccc(C(F)(F)F)c2)ncc1OCCNC(=O)Nc1ccncn1. The lowest BCUT2D eigenvalue weighted by Gasteiger charge is -2.11. The van der Waals surface area contributed by atoms with Crippen molar-refractivity contribution in [2.45, 2.75) is 13.1 Å². The molecule has 0 spiro atoms. The van der Waals surface area contributed by atoms with Crippen LogP contribution in [0.1, 0.15) is 11.3 Å². The first kappa shape index (κ1) is 21.0. The Kier molecular flexibility index (Phi) is 6.40. The fourth-order valence-corrected chi connectivity index (χ4v) is 2.42. The number of carbonyl (C=O) groups excluding carboxylic acids is 1. The van der Waals surface area contributed by atoms with E-state index in [0.717, 1.165) is 12.1 Å². The van der Waals surface area contributed by atoms with Gasteiger partial charge in [-0.1, -0.05) is 12.1 Å². The van der Waals surface area contributed by atoms with E-state index in [1.54, 1.807) is 13.0 Å². The third-order valence-electron chi connectivity index (χ3n) is 3.85. The number of hydrogen-bond donors (Lipinski definition) is 2. The monoisotopic (exact) mass is 418 g/mol. The topological polar surface area (TPSA) is 102 Å². The summed E-state index contributed by atoms with van der Waals surface area (Å²) in [5.41, 5.74) is -0.0571. The van der Waals surface area contributed by atoms with Crippen LogP contribution in [-0.4, -0.2) is 39.1 Å². The van der Waals surface area contributed by atoms with Crippen molar-refractivity contribution in [1.82, 2.24) is 25.3 Å². The van der Waals surface area contributed by atoms with Crippen molar-refractivity contribution >= 4 is 11.8 Å². The second kappa shape index (κ2) is 9.16. The second-order valence-corrected chi connectivity index (χ2v) is 6.05. The number of aryl methyl sites for hydroxylation is 1. The number of ether oxygens (including phenoxy) is 1. The Hall–Kier alpha value is -3.76. The van der Waals surface area contributed by atoms with Gasteiger partial charge >= 0.3 is 12.2 Å². The van der Waals surface area contributed by atoms with E-state index in [0.29, 0.717) is 17.3 Å². The van der Waals surface area contributed by atoms with Crippen LogP contribution < -0.4 is 15.4 Å². The molecule has 2 N–H and O–H groups in total. The maximum atomic E-state index is 12.9. The molecular weight excluding hydrogens is 401 g/mol. The Morgan fingerprint density at radius 3 is 2.73 bits per heavy atom. The average Bonchev–Trinajstić information content (AvgIpc) is 2.72. The molecule has 0 radical (unpaired) electrons. The first-order valence-electron chi connectivity index (χ1n) is 8.78. The van der Waals surface area contributed by atoms with Gasteiger partial charge in [-0.05, 0) is 25.1 Å². The van der Waals surface area contributed by atoms with Gasteiger partial charge in [0, 0.05) is 11.8 Å². The summed E-state index contributed by atoms with van der Waals surface area (Å²) in [5, 5.41) is 5.13. The number of hydrogen-bond acceptors (Lipinski definition) is 6. The van der Waals surface area contributed by atoms with Crippen molar-refractivity contribution in [2.24, 2.45) is 0 Å². The van der Waals surface area contributed by atoms with E-state index in [1.807, 2.05) is 0 Å². The number of rotatable bonds is 6. The van der Waals surface area contributed by atoms with Crippen LogP contribution in [0.5, 0.6) is 5.75 Å². The lowest BCUT2D eigenvalue weighted by molar-refractivity contribution is -0.137. The van der Waals surface area contributed by atoms with Gasteiger partial charge < -0.3 is 10.1 Å². The third kappa shape index (κ3) is 5.63. The molecule has 0 aliphatic carbocycles. The lowest BCUT2D eigenvalue weighted by atomic mass is 10.1. The number of halogens is 3. The van der Waals surface area contributed by atoms with Gasteiger partial charge in [-0.3, -0.25) is 5.32 Å². The lowest BCUT2D eigenvalue weighted by Crippen LogP contribution is -2.32. The van der Waals surface area contributed by atoms with E-state index in [2.05, 4.69) is 30.6 Å². The quantitative estimate of drug-likeness (QED) is 0.595. The molecule has 0 aliphatic heterocycles. The number of nitrogens with one attached hydrogen (secondary N) is 2. The first-order valence-corrected chi connectivity index (χ1v) is 8.78. The summed E-state index contributed by atoms with van der Waals surface area (Å²) in [7, 11) is 0. The average molecular weight is 418 g/mol. The van der Waals surface area contributed by atoms with Crippen molar-refractivity contribution in [1.29, 1.82) is 0 Å². The molecule has 3 rings (SSSR count). The van der Waals surface area contributed by atoms with E-state index in [9.17, 15) is 18.0 Å². The van der Waals surface area contributed by atoms with E-state index in [1.165, 1.54) is 30.9 Å². The summed E-state index contributed by atoms with van der Waals surface area (Å²) >= 11 is 0. The molecule has 8 nitrogen and oxygen atoms in total.